The van der Waals surface area contributed by atoms with Gasteiger partial charge in [-0.25, -0.2) is 9.97 Å². The number of carbonyl (C=O) groups excluding carboxylic acids is 1. The number of H-pyrrole nitrogens is 1. The molecule has 3 heterocycles. The van der Waals surface area contributed by atoms with Crippen LogP contribution in [-0.4, -0.2) is 32.3 Å². The molecule has 24 heavy (non-hydrogen) atoms. The van der Waals surface area contributed by atoms with E-state index in [1.54, 1.807) is 12.4 Å². The van der Waals surface area contributed by atoms with Gasteiger partial charge in [0.1, 0.15) is 0 Å². The van der Waals surface area contributed by atoms with Crippen molar-refractivity contribution in [1.82, 2.24) is 19.9 Å². The van der Waals surface area contributed by atoms with E-state index in [-0.39, 0.29) is 11.9 Å². The Morgan fingerprint density at radius 1 is 1.08 bits per heavy atom. The lowest BCUT2D eigenvalue weighted by Crippen LogP contribution is -2.30. The van der Waals surface area contributed by atoms with E-state index in [2.05, 4.69) is 15.0 Å². The van der Waals surface area contributed by atoms with Gasteiger partial charge < -0.3 is 9.88 Å². The fraction of sp³-hybridized carbons (Fsp3) is 0.211. The van der Waals surface area contributed by atoms with E-state index in [4.69, 9.17) is 0 Å². The monoisotopic (exact) mass is 318 g/mol. The number of nitrogens with zero attached hydrogens (tertiary/aromatic N) is 3. The predicted octanol–water partition coefficient (Wildman–Crippen LogP) is 3.45. The first kappa shape index (κ1) is 14.6. The lowest BCUT2D eigenvalue weighted by atomic mass is 10.1. The molecule has 0 saturated carbocycles. The molecular weight excluding hydrogens is 300 g/mol. The third kappa shape index (κ3) is 2.69. The minimum atomic E-state index is -0.00767. The Labute approximate surface area is 140 Å². The highest BCUT2D eigenvalue weighted by atomic mass is 16.2. The summed E-state index contributed by atoms with van der Waals surface area (Å²) in [7, 11) is 0. The van der Waals surface area contributed by atoms with Crippen molar-refractivity contribution in [2.45, 2.75) is 18.9 Å². The van der Waals surface area contributed by atoms with Gasteiger partial charge in [-0.1, -0.05) is 30.3 Å². The van der Waals surface area contributed by atoms with Crippen molar-refractivity contribution in [2.24, 2.45) is 0 Å². The van der Waals surface area contributed by atoms with Crippen molar-refractivity contribution in [3.8, 4) is 11.4 Å². The minimum absolute atomic E-state index is 0.00767. The van der Waals surface area contributed by atoms with E-state index in [1.807, 2.05) is 53.6 Å². The van der Waals surface area contributed by atoms with Crippen LogP contribution in [-0.2, 0) is 0 Å². The Kier molecular flexibility index (Phi) is 3.83. The summed E-state index contributed by atoms with van der Waals surface area (Å²) in [4.78, 5) is 26.7. The van der Waals surface area contributed by atoms with Crippen LogP contribution in [0.5, 0.6) is 0 Å². The number of amides is 1. The third-order valence-electron chi connectivity index (χ3n) is 4.43. The molecule has 1 unspecified atom stereocenters. The Balaban J connectivity index is 1.56. The van der Waals surface area contributed by atoms with Gasteiger partial charge in [0, 0.05) is 36.4 Å². The smallest absolute Gasteiger partial charge is 0.257 e. The molecule has 1 N–H and O–H groups in total. The maximum Gasteiger partial charge on any atom is 0.257 e. The molecule has 1 aliphatic rings. The van der Waals surface area contributed by atoms with Gasteiger partial charge in [0.05, 0.1) is 11.6 Å². The normalized spacial score (nSPS) is 17.2. The second kappa shape index (κ2) is 6.28. The maximum atomic E-state index is 12.8. The van der Waals surface area contributed by atoms with Gasteiger partial charge in [-0.15, -0.1) is 0 Å². The number of rotatable bonds is 3. The van der Waals surface area contributed by atoms with Crippen molar-refractivity contribution in [3.63, 3.8) is 0 Å². The average Bonchev–Trinajstić information content (AvgIpc) is 3.33. The molecule has 3 aromatic rings. The molecule has 0 radical (unpaired) electrons. The van der Waals surface area contributed by atoms with E-state index in [0.717, 1.165) is 30.6 Å². The van der Waals surface area contributed by atoms with Crippen LogP contribution in [0.4, 0.5) is 0 Å². The minimum Gasteiger partial charge on any atom is -0.363 e. The quantitative estimate of drug-likeness (QED) is 0.804. The average molecular weight is 318 g/mol. The van der Waals surface area contributed by atoms with Gasteiger partial charge in [-0.3, -0.25) is 4.79 Å². The van der Waals surface area contributed by atoms with E-state index in [9.17, 15) is 4.79 Å². The number of hydrogen-bond donors (Lipinski definition) is 1. The standard InChI is InChI=1S/C19H18N4O/c24-19(23-11-5-9-17(23)16-8-4-10-20-16)15-12-21-18(22-13-15)14-6-2-1-3-7-14/h1-4,6-8,10,12-13,17,20H,5,9,11H2. The van der Waals surface area contributed by atoms with Crippen LogP contribution in [0.1, 0.15) is 34.9 Å². The van der Waals surface area contributed by atoms with Crippen LogP contribution in [0.2, 0.25) is 0 Å². The number of likely N-dealkylation sites (tertiary alicyclic amines) is 1. The molecule has 1 aliphatic heterocycles. The van der Waals surface area contributed by atoms with Gasteiger partial charge in [0.15, 0.2) is 5.82 Å². The molecular formula is C19H18N4O. The van der Waals surface area contributed by atoms with Crippen molar-refractivity contribution in [3.05, 3.63) is 72.3 Å². The lowest BCUT2D eigenvalue weighted by Gasteiger charge is -2.23. The van der Waals surface area contributed by atoms with Gasteiger partial charge in [0.25, 0.3) is 5.91 Å². The predicted molar refractivity (Wildman–Crippen MR) is 91.3 cm³/mol. The summed E-state index contributed by atoms with van der Waals surface area (Å²) in [6.45, 7) is 0.767. The Morgan fingerprint density at radius 3 is 2.58 bits per heavy atom. The summed E-state index contributed by atoms with van der Waals surface area (Å²) in [6, 6.07) is 13.9. The summed E-state index contributed by atoms with van der Waals surface area (Å²) in [6.07, 6.45) is 7.14. The summed E-state index contributed by atoms with van der Waals surface area (Å²) in [5.74, 6) is 0.626. The molecule has 120 valence electrons. The SMILES string of the molecule is O=C(c1cnc(-c2ccccc2)nc1)N1CCCC1c1ccc[nH]1. The van der Waals surface area contributed by atoms with E-state index in [0.29, 0.717) is 11.4 Å². The zero-order valence-corrected chi connectivity index (χ0v) is 13.2. The number of nitrogens with one attached hydrogen (secondary N) is 1. The first-order valence-electron chi connectivity index (χ1n) is 8.14. The molecule has 1 amide bonds. The highest BCUT2D eigenvalue weighted by Crippen LogP contribution is 2.32. The number of aromatic nitrogens is 3. The molecule has 1 saturated heterocycles. The van der Waals surface area contributed by atoms with Crippen molar-refractivity contribution < 1.29 is 4.79 Å². The van der Waals surface area contributed by atoms with Gasteiger partial charge >= 0.3 is 0 Å². The highest BCUT2D eigenvalue weighted by Gasteiger charge is 2.31. The largest absolute Gasteiger partial charge is 0.363 e. The molecule has 1 atom stereocenters. The molecule has 4 rings (SSSR count). The molecule has 0 aliphatic carbocycles. The van der Waals surface area contributed by atoms with Crippen molar-refractivity contribution >= 4 is 5.91 Å². The highest BCUT2D eigenvalue weighted by molar-refractivity contribution is 5.94. The number of carbonyl (C=O) groups is 1. The third-order valence-corrected chi connectivity index (χ3v) is 4.43. The molecule has 1 aromatic carbocycles. The number of aromatic amines is 1. The van der Waals surface area contributed by atoms with Crippen molar-refractivity contribution in [2.75, 3.05) is 6.54 Å². The van der Waals surface area contributed by atoms with Crippen LogP contribution in [0.15, 0.2) is 61.1 Å². The van der Waals surface area contributed by atoms with Crippen LogP contribution < -0.4 is 0 Å². The number of hydrogen-bond acceptors (Lipinski definition) is 3. The summed E-state index contributed by atoms with van der Waals surface area (Å²) in [5, 5.41) is 0. The van der Waals surface area contributed by atoms with Crippen LogP contribution in [0.25, 0.3) is 11.4 Å². The van der Waals surface area contributed by atoms with Crippen LogP contribution >= 0.6 is 0 Å². The molecule has 5 nitrogen and oxygen atoms in total. The van der Waals surface area contributed by atoms with E-state index in [1.165, 1.54) is 0 Å². The Hall–Kier alpha value is -2.95. The van der Waals surface area contributed by atoms with E-state index >= 15 is 0 Å². The molecule has 0 bridgehead atoms. The van der Waals surface area contributed by atoms with E-state index < -0.39 is 0 Å². The topological polar surface area (TPSA) is 61.9 Å². The van der Waals surface area contributed by atoms with Crippen LogP contribution in [0.3, 0.4) is 0 Å². The second-order valence-corrected chi connectivity index (χ2v) is 5.94. The molecule has 1 fully saturated rings. The summed E-state index contributed by atoms with van der Waals surface area (Å²) < 4.78 is 0. The Morgan fingerprint density at radius 2 is 1.88 bits per heavy atom. The first-order chi connectivity index (χ1) is 11.8. The lowest BCUT2D eigenvalue weighted by molar-refractivity contribution is 0.0732. The van der Waals surface area contributed by atoms with Crippen LogP contribution in [0, 0.1) is 0 Å². The zero-order chi connectivity index (χ0) is 16.4. The first-order valence-corrected chi connectivity index (χ1v) is 8.14. The van der Waals surface area contributed by atoms with Gasteiger partial charge in [0.2, 0.25) is 0 Å². The van der Waals surface area contributed by atoms with Gasteiger partial charge in [-0.05, 0) is 25.0 Å². The fourth-order valence-electron chi connectivity index (χ4n) is 3.23. The Bertz CT molecular complexity index is 812. The zero-order valence-electron chi connectivity index (χ0n) is 13.2. The van der Waals surface area contributed by atoms with Gasteiger partial charge in [-0.2, -0.15) is 0 Å². The molecule has 0 spiro atoms. The number of benzene rings is 1. The summed E-state index contributed by atoms with van der Waals surface area (Å²) in [5.41, 5.74) is 2.57. The maximum absolute atomic E-state index is 12.8. The second-order valence-electron chi connectivity index (χ2n) is 5.94. The summed E-state index contributed by atoms with van der Waals surface area (Å²) >= 11 is 0. The molecule has 5 heteroatoms. The molecule has 2 aromatic heterocycles. The van der Waals surface area contributed by atoms with Crippen molar-refractivity contribution in [1.29, 1.82) is 0 Å². The fourth-order valence-corrected chi connectivity index (χ4v) is 3.23.